The Morgan fingerprint density at radius 1 is 1.26 bits per heavy atom. The number of carbonyl (C=O) groups is 1. The summed E-state index contributed by atoms with van der Waals surface area (Å²) in [5.41, 5.74) is 7.20. The predicted molar refractivity (Wildman–Crippen MR) is 71.9 cm³/mol. The molecule has 4 heteroatoms. The summed E-state index contributed by atoms with van der Waals surface area (Å²) in [6.07, 6.45) is 5.44. The monoisotopic (exact) mass is 257 g/mol. The second-order valence-electron chi connectivity index (χ2n) is 4.12. The fraction of sp³-hybridized carbons (Fsp3) is 0.133. The Morgan fingerprint density at radius 2 is 2.00 bits per heavy atom. The van der Waals surface area contributed by atoms with E-state index in [0.717, 1.165) is 5.57 Å². The average Bonchev–Trinajstić information content (AvgIpc) is 2.40. The summed E-state index contributed by atoms with van der Waals surface area (Å²) in [7, 11) is 0. The number of benzene rings is 1. The summed E-state index contributed by atoms with van der Waals surface area (Å²) in [5.74, 6) is 0.814. The van der Waals surface area contributed by atoms with Crippen molar-refractivity contribution in [3.63, 3.8) is 0 Å². The van der Waals surface area contributed by atoms with Crippen molar-refractivity contribution in [1.82, 2.24) is 0 Å². The van der Waals surface area contributed by atoms with Crippen LogP contribution in [-0.2, 0) is 9.53 Å². The first-order valence-electron chi connectivity index (χ1n) is 5.91. The molecule has 98 valence electrons. The van der Waals surface area contributed by atoms with E-state index in [1.54, 1.807) is 18.4 Å². The molecule has 0 heterocycles. The highest BCUT2D eigenvalue weighted by atomic mass is 16.5. The van der Waals surface area contributed by atoms with Gasteiger partial charge in [0.2, 0.25) is 0 Å². The van der Waals surface area contributed by atoms with E-state index in [4.69, 9.17) is 15.2 Å². The Kier molecular flexibility index (Phi) is 4.03. The van der Waals surface area contributed by atoms with Crippen LogP contribution in [0.5, 0.6) is 5.75 Å². The van der Waals surface area contributed by atoms with Crippen LogP contribution in [0.4, 0.5) is 0 Å². The van der Waals surface area contributed by atoms with Gasteiger partial charge in [-0.3, -0.25) is 4.79 Å². The Balaban J connectivity index is 2.15. The van der Waals surface area contributed by atoms with Gasteiger partial charge in [-0.15, -0.1) is 0 Å². The second-order valence-corrected chi connectivity index (χ2v) is 4.12. The summed E-state index contributed by atoms with van der Waals surface area (Å²) >= 11 is 0. The van der Waals surface area contributed by atoms with E-state index in [1.165, 1.54) is 6.92 Å². The maximum Gasteiger partial charge on any atom is 0.308 e. The van der Waals surface area contributed by atoms with E-state index in [0.29, 0.717) is 23.6 Å². The van der Waals surface area contributed by atoms with Crippen LogP contribution >= 0.6 is 0 Å². The van der Waals surface area contributed by atoms with Gasteiger partial charge in [0.25, 0.3) is 0 Å². The number of nitrogens with two attached hydrogens (primary N) is 1. The zero-order valence-corrected chi connectivity index (χ0v) is 10.6. The van der Waals surface area contributed by atoms with Crippen molar-refractivity contribution < 1.29 is 14.3 Å². The molecule has 0 bridgehead atoms. The third-order valence-corrected chi connectivity index (χ3v) is 2.49. The van der Waals surface area contributed by atoms with Crippen LogP contribution in [0.25, 0.3) is 0 Å². The molecule has 0 radical (unpaired) electrons. The van der Waals surface area contributed by atoms with Gasteiger partial charge in [0, 0.05) is 24.6 Å². The quantitative estimate of drug-likeness (QED) is 0.668. The number of allylic oxidation sites excluding steroid dienone is 4. The maximum absolute atomic E-state index is 11.0. The number of hydrogen-bond acceptors (Lipinski definition) is 4. The van der Waals surface area contributed by atoms with Crippen LogP contribution in [0.1, 0.15) is 13.3 Å². The summed E-state index contributed by atoms with van der Waals surface area (Å²) < 4.78 is 10.6. The molecule has 1 aliphatic rings. The second kappa shape index (κ2) is 5.91. The molecule has 0 amide bonds. The van der Waals surface area contributed by atoms with Gasteiger partial charge in [-0.25, -0.2) is 0 Å². The molecule has 4 nitrogen and oxygen atoms in total. The lowest BCUT2D eigenvalue weighted by Crippen LogP contribution is -2.10. The van der Waals surface area contributed by atoms with Crippen LogP contribution in [0, 0.1) is 0 Å². The van der Waals surface area contributed by atoms with Crippen LogP contribution in [0.3, 0.4) is 0 Å². The van der Waals surface area contributed by atoms with E-state index in [9.17, 15) is 4.79 Å². The van der Waals surface area contributed by atoms with Crippen molar-refractivity contribution in [3.05, 3.63) is 65.8 Å². The summed E-state index contributed by atoms with van der Waals surface area (Å²) in [5, 5.41) is 0. The number of rotatable bonds is 3. The third kappa shape index (κ3) is 3.74. The van der Waals surface area contributed by atoms with E-state index in [2.05, 4.69) is 0 Å². The fourth-order valence-electron chi connectivity index (χ4n) is 1.65. The molecular weight excluding hydrogens is 242 g/mol. The minimum Gasteiger partial charge on any atom is -0.465 e. The predicted octanol–water partition coefficient (Wildman–Crippen LogP) is 2.64. The number of para-hydroxylation sites is 1. The van der Waals surface area contributed by atoms with Crippen molar-refractivity contribution in [1.29, 1.82) is 0 Å². The van der Waals surface area contributed by atoms with Crippen LogP contribution < -0.4 is 10.5 Å². The van der Waals surface area contributed by atoms with Gasteiger partial charge >= 0.3 is 5.97 Å². The zero-order valence-electron chi connectivity index (χ0n) is 10.6. The highest BCUT2D eigenvalue weighted by Gasteiger charge is 2.14. The smallest absolute Gasteiger partial charge is 0.308 e. The Bertz CT molecular complexity index is 556. The SMILES string of the molecule is CC(=O)OC1=CC=C(N)C/C1=C/Oc1ccccc1. The van der Waals surface area contributed by atoms with Gasteiger partial charge in [-0.1, -0.05) is 18.2 Å². The zero-order chi connectivity index (χ0) is 13.7. The molecule has 1 aromatic rings. The first-order chi connectivity index (χ1) is 9.15. The number of carbonyl (C=O) groups excluding carboxylic acids is 1. The highest BCUT2D eigenvalue weighted by molar-refractivity contribution is 5.68. The van der Waals surface area contributed by atoms with Crippen molar-refractivity contribution in [3.8, 4) is 5.75 Å². The van der Waals surface area contributed by atoms with Crippen LogP contribution in [0.2, 0.25) is 0 Å². The molecule has 0 aromatic heterocycles. The third-order valence-electron chi connectivity index (χ3n) is 2.49. The van der Waals surface area contributed by atoms with Gasteiger partial charge in [-0.05, 0) is 24.3 Å². The van der Waals surface area contributed by atoms with Gasteiger partial charge < -0.3 is 15.2 Å². The molecule has 0 saturated carbocycles. The van der Waals surface area contributed by atoms with Gasteiger partial charge in [0.1, 0.15) is 11.5 Å². The summed E-state index contributed by atoms with van der Waals surface area (Å²) in [4.78, 5) is 11.0. The van der Waals surface area contributed by atoms with E-state index < -0.39 is 0 Å². The van der Waals surface area contributed by atoms with Crippen molar-refractivity contribution >= 4 is 5.97 Å². The number of ether oxygens (including phenoxy) is 2. The normalized spacial score (nSPS) is 16.6. The van der Waals surface area contributed by atoms with Crippen molar-refractivity contribution in [2.24, 2.45) is 5.73 Å². The van der Waals surface area contributed by atoms with Gasteiger partial charge in [-0.2, -0.15) is 0 Å². The van der Waals surface area contributed by atoms with Crippen molar-refractivity contribution in [2.45, 2.75) is 13.3 Å². The lowest BCUT2D eigenvalue weighted by Gasteiger charge is -2.15. The average molecular weight is 257 g/mol. The molecule has 0 aliphatic heterocycles. The molecule has 0 fully saturated rings. The minimum atomic E-state index is -0.370. The van der Waals surface area contributed by atoms with Crippen LogP contribution in [0.15, 0.2) is 65.8 Å². The van der Waals surface area contributed by atoms with Gasteiger partial charge in [0.15, 0.2) is 0 Å². The van der Waals surface area contributed by atoms with Crippen LogP contribution in [-0.4, -0.2) is 5.97 Å². The van der Waals surface area contributed by atoms with Gasteiger partial charge in [0.05, 0.1) is 6.26 Å². The summed E-state index contributed by atoms with van der Waals surface area (Å²) in [6, 6.07) is 9.35. The molecule has 2 N–H and O–H groups in total. The summed E-state index contributed by atoms with van der Waals surface area (Å²) in [6.45, 7) is 1.36. The maximum atomic E-state index is 11.0. The van der Waals surface area contributed by atoms with E-state index in [-0.39, 0.29) is 5.97 Å². The van der Waals surface area contributed by atoms with E-state index in [1.807, 2.05) is 30.3 Å². The topological polar surface area (TPSA) is 61.5 Å². The molecule has 1 aliphatic carbocycles. The Labute approximate surface area is 111 Å². The fourth-order valence-corrected chi connectivity index (χ4v) is 1.65. The highest BCUT2D eigenvalue weighted by Crippen LogP contribution is 2.24. The molecule has 0 spiro atoms. The first-order valence-corrected chi connectivity index (χ1v) is 5.91. The molecule has 0 atom stereocenters. The Hall–Kier alpha value is -2.49. The molecule has 0 saturated heterocycles. The van der Waals surface area contributed by atoms with E-state index >= 15 is 0 Å². The Morgan fingerprint density at radius 3 is 2.68 bits per heavy atom. The molecule has 2 rings (SSSR count). The molecule has 0 unspecified atom stereocenters. The standard InChI is InChI=1S/C15H15NO3/c1-11(17)19-15-8-7-13(16)9-12(15)10-18-14-5-3-2-4-6-14/h2-8,10H,9,16H2,1H3/b12-10-. The molecule has 19 heavy (non-hydrogen) atoms. The molecular formula is C15H15NO3. The number of esters is 1. The first kappa shape index (κ1) is 13.0. The largest absolute Gasteiger partial charge is 0.465 e. The lowest BCUT2D eigenvalue weighted by molar-refractivity contribution is -0.136. The molecule has 1 aromatic carbocycles. The minimum absolute atomic E-state index is 0.370. The van der Waals surface area contributed by atoms with Crippen molar-refractivity contribution in [2.75, 3.05) is 0 Å². The lowest BCUT2D eigenvalue weighted by atomic mass is 10.0. The number of hydrogen-bond donors (Lipinski definition) is 1.